The summed E-state index contributed by atoms with van der Waals surface area (Å²) in [5.74, 6) is 0.799. The van der Waals surface area contributed by atoms with Gasteiger partial charge < -0.3 is 5.32 Å². The third-order valence-corrected chi connectivity index (χ3v) is 4.43. The first-order chi connectivity index (χ1) is 9.54. The van der Waals surface area contributed by atoms with Gasteiger partial charge in [-0.2, -0.15) is 0 Å². The standard InChI is InChI=1S/C16H24Cl2N2/c1-12(2)20(10-13-3-5-19-6-4-13)11-14-7-15(17)9-16(18)8-14/h7-9,12-13,19H,3-6,10-11H2,1-2H3. The van der Waals surface area contributed by atoms with Gasteiger partial charge in [-0.05, 0) is 69.5 Å². The van der Waals surface area contributed by atoms with Crippen molar-refractivity contribution in [2.75, 3.05) is 19.6 Å². The minimum atomic E-state index is 0.530. The van der Waals surface area contributed by atoms with E-state index in [4.69, 9.17) is 23.2 Å². The Hall–Kier alpha value is -0.280. The van der Waals surface area contributed by atoms with Crippen LogP contribution in [0, 0.1) is 5.92 Å². The fourth-order valence-electron chi connectivity index (χ4n) is 2.79. The molecule has 1 aliphatic heterocycles. The zero-order chi connectivity index (χ0) is 14.5. The first kappa shape index (κ1) is 16.1. The molecule has 1 heterocycles. The summed E-state index contributed by atoms with van der Waals surface area (Å²) in [7, 11) is 0. The van der Waals surface area contributed by atoms with Crippen molar-refractivity contribution in [3.63, 3.8) is 0 Å². The number of nitrogens with one attached hydrogen (secondary N) is 1. The maximum Gasteiger partial charge on any atom is 0.0424 e. The molecule has 112 valence electrons. The van der Waals surface area contributed by atoms with E-state index in [0.29, 0.717) is 6.04 Å². The molecular formula is C16H24Cl2N2. The molecule has 0 aliphatic carbocycles. The van der Waals surface area contributed by atoms with Crippen LogP contribution in [0.4, 0.5) is 0 Å². The summed E-state index contributed by atoms with van der Waals surface area (Å²) in [6, 6.07) is 6.36. The SMILES string of the molecule is CC(C)N(Cc1cc(Cl)cc(Cl)c1)CC1CCNCC1. The Balaban J connectivity index is 2.00. The van der Waals surface area contributed by atoms with Crippen LogP contribution in [0.3, 0.4) is 0 Å². The minimum Gasteiger partial charge on any atom is -0.317 e. The van der Waals surface area contributed by atoms with Crippen LogP contribution < -0.4 is 5.32 Å². The van der Waals surface area contributed by atoms with E-state index in [-0.39, 0.29) is 0 Å². The van der Waals surface area contributed by atoms with E-state index in [2.05, 4.69) is 24.1 Å². The van der Waals surface area contributed by atoms with Crippen LogP contribution in [0.5, 0.6) is 0 Å². The van der Waals surface area contributed by atoms with Crippen molar-refractivity contribution in [2.24, 2.45) is 5.92 Å². The molecule has 0 amide bonds. The zero-order valence-electron chi connectivity index (χ0n) is 12.3. The molecule has 0 atom stereocenters. The summed E-state index contributed by atoms with van der Waals surface area (Å²) in [4.78, 5) is 2.53. The maximum absolute atomic E-state index is 6.09. The monoisotopic (exact) mass is 314 g/mol. The summed E-state index contributed by atoms with van der Waals surface area (Å²) < 4.78 is 0. The van der Waals surface area contributed by atoms with Crippen molar-refractivity contribution in [1.82, 2.24) is 10.2 Å². The van der Waals surface area contributed by atoms with Gasteiger partial charge in [0.15, 0.2) is 0 Å². The molecule has 0 aromatic heterocycles. The van der Waals surface area contributed by atoms with Gasteiger partial charge in [0.25, 0.3) is 0 Å². The van der Waals surface area contributed by atoms with E-state index in [0.717, 1.165) is 42.1 Å². The van der Waals surface area contributed by atoms with Crippen LogP contribution in [-0.4, -0.2) is 30.6 Å². The third-order valence-electron chi connectivity index (χ3n) is 3.99. The number of piperidine rings is 1. The lowest BCUT2D eigenvalue weighted by molar-refractivity contribution is 0.162. The second-order valence-corrected chi connectivity index (χ2v) is 6.87. The molecule has 20 heavy (non-hydrogen) atoms. The number of hydrogen-bond acceptors (Lipinski definition) is 2. The molecule has 1 aromatic carbocycles. The number of nitrogens with zero attached hydrogens (tertiary/aromatic N) is 1. The molecule has 1 saturated heterocycles. The molecule has 0 bridgehead atoms. The number of halogens is 2. The number of hydrogen-bond donors (Lipinski definition) is 1. The van der Waals surface area contributed by atoms with Crippen molar-refractivity contribution in [2.45, 2.75) is 39.3 Å². The molecule has 0 spiro atoms. The van der Waals surface area contributed by atoms with Crippen LogP contribution in [0.25, 0.3) is 0 Å². The van der Waals surface area contributed by atoms with Crippen LogP contribution in [0.1, 0.15) is 32.3 Å². The van der Waals surface area contributed by atoms with Gasteiger partial charge in [-0.1, -0.05) is 23.2 Å². The summed E-state index contributed by atoms with van der Waals surface area (Å²) in [5, 5.41) is 4.87. The zero-order valence-corrected chi connectivity index (χ0v) is 13.8. The second kappa shape index (κ2) is 7.65. The van der Waals surface area contributed by atoms with Gasteiger partial charge in [0.1, 0.15) is 0 Å². The van der Waals surface area contributed by atoms with E-state index in [1.807, 2.05) is 12.1 Å². The van der Waals surface area contributed by atoms with E-state index in [9.17, 15) is 0 Å². The smallest absolute Gasteiger partial charge is 0.0424 e. The fourth-order valence-corrected chi connectivity index (χ4v) is 3.36. The lowest BCUT2D eigenvalue weighted by atomic mass is 9.97. The van der Waals surface area contributed by atoms with Gasteiger partial charge in [0, 0.05) is 29.2 Å². The first-order valence-corrected chi connectivity index (χ1v) is 8.20. The molecule has 1 N–H and O–H groups in total. The molecule has 4 heteroatoms. The van der Waals surface area contributed by atoms with Crippen LogP contribution in [0.15, 0.2) is 18.2 Å². The van der Waals surface area contributed by atoms with Crippen molar-refractivity contribution in [3.05, 3.63) is 33.8 Å². The Labute approximate surface area is 132 Å². The lowest BCUT2D eigenvalue weighted by Crippen LogP contribution is -2.39. The summed E-state index contributed by atoms with van der Waals surface area (Å²) in [6.45, 7) is 8.89. The van der Waals surface area contributed by atoms with E-state index < -0.39 is 0 Å². The van der Waals surface area contributed by atoms with Crippen molar-refractivity contribution in [3.8, 4) is 0 Å². The van der Waals surface area contributed by atoms with Crippen molar-refractivity contribution >= 4 is 23.2 Å². The van der Waals surface area contributed by atoms with E-state index in [1.54, 1.807) is 6.07 Å². The first-order valence-electron chi connectivity index (χ1n) is 7.44. The van der Waals surface area contributed by atoms with E-state index >= 15 is 0 Å². The lowest BCUT2D eigenvalue weighted by Gasteiger charge is -2.32. The third kappa shape index (κ3) is 4.92. The number of benzene rings is 1. The minimum absolute atomic E-state index is 0.530. The average Bonchev–Trinajstić information content (AvgIpc) is 2.38. The highest BCUT2D eigenvalue weighted by Gasteiger charge is 2.19. The summed E-state index contributed by atoms with van der Waals surface area (Å²) in [5.41, 5.74) is 1.20. The molecule has 0 saturated carbocycles. The molecule has 1 aliphatic rings. The maximum atomic E-state index is 6.09. The second-order valence-electron chi connectivity index (χ2n) is 5.99. The quantitative estimate of drug-likeness (QED) is 0.876. The van der Waals surface area contributed by atoms with Gasteiger partial charge in [0.05, 0.1) is 0 Å². The van der Waals surface area contributed by atoms with E-state index in [1.165, 1.54) is 18.4 Å². The predicted octanol–water partition coefficient (Wildman–Crippen LogP) is 4.20. The average molecular weight is 315 g/mol. The predicted molar refractivity (Wildman–Crippen MR) is 87.6 cm³/mol. The molecule has 2 nitrogen and oxygen atoms in total. The molecule has 0 radical (unpaired) electrons. The highest BCUT2D eigenvalue weighted by molar-refractivity contribution is 6.34. The Morgan fingerprint density at radius 3 is 2.30 bits per heavy atom. The topological polar surface area (TPSA) is 15.3 Å². The molecule has 1 aromatic rings. The molecular weight excluding hydrogens is 291 g/mol. The molecule has 0 unspecified atom stereocenters. The Morgan fingerprint density at radius 2 is 1.75 bits per heavy atom. The Bertz CT molecular complexity index is 408. The largest absolute Gasteiger partial charge is 0.317 e. The Kier molecular flexibility index (Phi) is 6.16. The Morgan fingerprint density at radius 1 is 1.15 bits per heavy atom. The summed E-state index contributed by atoms with van der Waals surface area (Å²) in [6.07, 6.45) is 2.55. The van der Waals surface area contributed by atoms with Crippen molar-refractivity contribution in [1.29, 1.82) is 0 Å². The van der Waals surface area contributed by atoms with Crippen LogP contribution >= 0.6 is 23.2 Å². The molecule has 1 fully saturated rings. The van der Waals surface area contributed by atoms with Gasteiger partial charge in [-0.15, -0.1) is 0 Å². The van der Waals surface area contributed by atoms with Crippen LogP contribution in [-0.2, 0) is 6.54 Å². The highest BCUT2D eigenvalue weighted by atomic mass is 35.5. The van der Waals surface area contributed by atoms with Crippen molar-refractivity contribution < 1.29 is 0 Å². The van der Waals surface area contributed by atoms with Gasteiger partial charge >= 0.3 is 0 Å². The van der Waals surface area contributed by atoms with Gasteiger partial charge in [-0.3, -0.25) is 4.90 Å². The highest BCUT2D eigenvalue weighted by Crippen LogP contribution is 2.22. The summed E-state index contributed by atoms with van der Waals surface area (Å²) >= 11 is 12.2. The van der Waals surface area contributed by atoms with Crippen LogP contribution in [0.2, 0.25) is 10.0 Å². The van der Waals surface area contributed by atoms with Gasteiger partial charge in [-0.25, -0.2) is 0 Å². The normalized spacial score (nSPS) is 17.1. The molecule has 2 rings (SSSR count). The fraction of sp³-hybridized carbons (Fsp3) is 0.625. The van der Waals surface area contributed by atoms with Gasteiger partial charge in [0.2, 0.25) is 0 Å². The number of rotatable bonds is 5.